The van der Waals surface area contributed by atoms with Gasteiger partial charge in [0.25, 0.3) is 0 Å². The quantitative estimate of drug-likeness (QED) is 0.667. The van der Waals surface area contributed by atoms with Gasteiger partial charge in [0.2, 0.25) is 0 Å². The molecule has 0 atom stereocenters. The summed E-state index contributed by atoms with van der Waals surface area (Å²) in [5.74, 6) is 0. The third kappa shape index (κ3) is 1.98. The van der Waals surface area contributed by atoms with Crippen molar-refractivity contribution in [3.8, 4) is 0 Å². The lowest BCUT2D eigenvalue weighted by Crippen LogP contribution is -2.17. The highest BCUT2D eigenvalue weighted by atomic mass is 15.0. The maximum absolute atomic E-state index is 3.29. The first-order valence-corrected chi connectivity index (χ1v) is 4.20. The molecule has 1 aromatic rings. The van der Waals surface area contributed by atoms with Gasteiger partial charge in [-0.05, 0) is 38.1 Å². The van der Waals surface area contributed by atoms with E-state index in [4.69, 9.17) is 0 Å². The van der Waals surface area contributed by atoms with Crippen LogP contribution in [0.25, 0.3) is 0 Å². The minimum atomic E-state index is 0.810. The Morgan fingerprint density at radius 2 is 2.00 bits per heavy atom. The normalized spacial score (nSPS) is 9.92. The summed E-state index contributed by atoms with van der Waals surface area (Å²) < 4.78 is 0. The maximum atomic E-state index is 3.29. The molecule has 1 rings (SSSR count). The highest BCUT2D eigenvalue weighted by Crippen LogP contribution is 2.16. The van der Waals surface area contributed by atoms with Crippen LogP contribution in [0.4, 0.5) is 5.69 Å². The fraction of sp³-hybridized carbons (Fsp3) is 0.400. The minimum absolute atomic E-state index is 0.810. The topological polar surface area (TPSA) is 24.1 Å². The number of rotatable bonds is 3. The van der Waals surface area contributed by atoms with E-state index in [1.807, 2.05) is 7.05 Å². The number of hydrogen-bond acceptors (Lipinski definition) is 2. The lowest BCUT2D eigenvalue weighted by Gasteiger charge is -2.10. The van der Waals surface area contributed by atoms with E-state index in [-0.39, 0.29) is 0 Å². The Balaban J connectivity index is 2.78. The molecule has 0 amide bonds. The third-order valence-corrected chi connectivity index (χ3v) is 2.06. The van der Waals surface area contributed by atoms with Gasteiger partial charge in [-0.2, -0.15) is 0 Å². The monoisotopic (exact) mass is 164 g/mol. The summed E-state index contributed by atoms with van der Waals surface area (Å²) in [4.78, 5) is 0. The van der Waals surface area contributed by atoms with Crippen LogP contribution in [-0.2, 0) is 0 Å². The molecular formula is C10H16N2. The van der Waals surface area contributed by atoms with Gasteiger partial charge in [0, 0.05) is 5.69 Å². The van der Waals surface area contributed by atoms with Crippen molar-refractivity contribution < 1.29 is 0 Å². The lowest BCUT2D eigenvalue weighted by molar-refractivity contribution is 0.873. The first-order valence-electron chi connectivity index (χ1n) is 4.20. The SMILES string of the molecule is CNCNc1cccc(C)c1C. The van der Waals surface area contributed by atoms with E-state index in [9.17, 15) is 0 Å². The van der Waals surface area contributed by atoms with Gasteiger partial charge in [-0.3, -0.25) is 0 Å². The summed E-state index contributed by atoms with van der Waals surface area (Å²) in [5.41, 5.74) is 3.87. The predicted molar refractivity (Wildman–Crippen MR) is 53.5 cm³/mol. The van der Waals surface area contributed by atoms with E-state index in [0.29, 0.717) is 0 Å². The summed E-state index contributed by atoms with van der Waals surface area (Å²) in [7, 11) is 1.93. The van der Waals surface area contributed by atoms with Crippen molar-refractivity contribution in [3.05, 3.63) is 29.3 Å². The molecular weight excluding hydrogens is 148 g/mol. The number of benzene rings is 1. The van der Waals surface area contributed by atoms with E-state index < -0.39 is 0 Å². The first-order chi connectivity index (χ1) is 5.75. The Kier molecular flexibility index (Phi) is 3.11. The zero-order chi connectivity index (χ0) is 8.97. The van der Waals surface area contributed by atoms with Crippen LogP contribution in [0.1, 0.15) is 11.1 Å². The van der Waals surface area contributed by atoms with Gasteiger partial charge in [-0.15, -0.1) is 0 Å². The molecule has 0 heterocycles. The second-order valence-corrected chi connectivity index (χ2v) is 2.95. The van der Waals surface area contributed by atoms with Gasteiger partial charge >= 0.3 is 0 Å². The third-order valence-electron chi connectivity index (χ3n) is 2.06. The molecule has 2 heteroatoms. The lowest BCUT2D eigenvalue weighted by atomic mass is 10.1. The van der Waals surface area contributed by atoms with Crippen molar-refractivity contribution in [2.45, 2.75) is 13.8 Å². The van der Waals surface area contributed by atoms with E-state index in [1.54, 1.807) is 0 Å². The Bertz CT molecular complexity index is 256. The minimum Gasteiger partial charge on any atom is -0.372 e. The van der Waals surface area contributed by atoms with Gasteiger partial charge in [-0.1, -0.05) is 12.1 Å². The standard InChI is InChI=1S/C10H16N2/c1-8-5-4-6-10(9(8)2)12-7-11-3/h4-6,11-12H,7H2,1-3H3. The Morgan fingerprint density at radius 3 is 2.67 bits per heavy atom. The van der Waals surface area contributed by atoms with Crippen molar-refractivity contribution in [1.29, 1.82) is 0 Å². The van der Waals surface area contributed by atoms with E-state index in [0.717, 1.165) is 6.67 Å². The van der Waals surface area contributed by atoms with Crippen LogP contribution in [0.3, 0.4) is 0 Å². The van der Waals surface area contributed by atoms with Crippen LogP contribution in [0.2, 0.25) is 0 Å². The van der Waals surface area contributed by atoms with Crippen LogP contribution in [0, 0.1) is 13.8 Å². The van der Waals surface area contributed by atoms with Gasteiger partial charge in [0.05, 0.1) is 6.67 Å². The average Bonchev–Trinajstić information content (AvgIpc) is 2.08. The van der Waals surface area contributed by atoms with Crippen LogP contribution in [-0.4, -0.2) is 13.7 Å². The van der Waals surface area contributed by atoms with Crippen molar-refractivity contribution in [3.63, 3.8) is 0 Å². The molecule has 2 N–H and O–H groups in total. The Labute approximate surface area is 74.0 Å². The summed E-state index contributed by atoms with van der Waals surface area (Å²) in [6.07, 6.45) is 0. The molecule has 0 saturated carbocycles. The molecule has 0 aliphatic heterocycles. The summed E-state index contributed by atoms with van der Waals surface area (Å²) in [5, 5.41) is 6.34. The highest BCUT2D eigenvalue weighted by Gasteiger charge is 1.97. The molecule has 66 valence electrons. The van der Waals surface area contributed by atoms with Crippen LogP contribution >= 0.6 is 0 Å². The van der Waals surface area contributed by atoms with Crippen molar-refractivity contribution in [2.24, 2.45) is 0 Å². The van der Waals surface area contributed by atoms with E-state index >= 15 is 0 Å². The number of anilines is 1. The highest BCUT2D eigenvalue weighted by molar-refractivity contribution is 5.53. The zero-order valence-corrected chi connectivity index (χ0v) is 7.94. The first kappa shape index (κ1) is 9.07. The molecule has 0 aromatic heterocycles. The fourth-order valence-electron chi connectivity index (χ4n) is 1.13. The van der Waals surface area contributed by atoms with Crippen LogP contribution < -0.4 is 10.6 Å². The van der Waals surface area contributed by atoms with Crippen molar-refractivity contribution in [1.82, 2.24) is 5.32 Å². The second-order valence-electron chi connectivity index (χ2n) is 2.95. The van der Waals surface area contributed by atoms with Gasteiger partial charge in [-0.25, -0.2) is 0 Å². The molecule has 12 heavy (non-hydrogen) atoms. The summed E-state index contributed by atoms with van der Waals surface area (Å²) in [6, 6.07) is 6.29. The Hall–Kier alpha value is -1.02. The summed E-state index contributed by atoms with van der Waals surface area (Å²) >= 11 is 0. The summed E-state index contributed by atoms with van der Waals surface area (Å²) in [6.45, 7) is 5.07. The molecule has 0 spiro atoms. The average molecular weight is 164 g/mol. The number of aryl methyl sites for hydroxylation is 1. The van der Waals surface area contributed by atoms with E-state index in [1.165, 1.54) is 16.8 Å². The number of hydrogen-bond donors (Lipinski definition) is 2. The zero-order valence-electron chi connectivity index (χ0n) is 7.94. The maximum Gasteiger partial charge on any atom is 0.0650 e. The number of nitrogens with one attached hydrogen (secondary N) is 2. The molecule has 0 fully saturated rings. The van der Waals surface area contributed by atoms with Gasteiger partial charge in [0.1, 0.15) is 0 Å². The molecule has 0 bridgehead atoms. The van der Waals surface area contributed by atoms with Crippen LogP contribution in [0.5, 0.6) is 0 Å². The van der Waals surface area contributed by atoms with Crippen molar-refractivity contribution in [2.75, 3.05) is 19.0 Å². The molecule has 0 radical (unpaired) electrons. The Morgan fingerprint density at radius 1 is 1.25 bits per heavy atom. The molecule has 0 aliphatic rings. The van der Waals surface area contributed by atoms with Crippen molar-refractivity contribution >= 4 is 5.69 Å². The molecule has 2 nitrogen and oxygen atoms in total. The smallest absolute Gasteiger partial charge is 0.0650 e. The second kappa shape index (κ2) is 4.12. The van der Waals surface area contributed by atoms with E-state index in [2.05, 4.69) is 42.7 Å². The molecule has 0 saturated heterocycles. The molecule has 1 aromatic carbocycles. The largest absolute Gasteiger partial charge is 0.372 e. The molecule has 0 unspecified atom stereocenters. The van der Waals surface area contributed by atoms with Gasteiger partial charge in [0.15, 0.2) is 0 Å². The predicted octanol–water partition coefficient (Wildman–Crippen LogP) is 1.89. The van der Waals surface area contributed by atoms with Gasteiger partial charge < -0.3 is 10.6 Å². The fourth-order valence-corrected chi connectivity index (χ4v) is 1.13. The molecule has 0 aliphatic carbocycles. The van der Waals surface area contributed by atoms with Crippen LogP contribution in [0.15, 0.2) is 18.2 Å².